The molecule has 118 valence electrons. The molecule has 2 rings (SSSR count). The zero-order valence-corrected chi connectivity index (χ0v) is 13.5. The van der Waals surface area contributed by atoms with E-state index in [9.17, 15) is 4.39 Å². The average Bonchev–Trinajstić information content (AvgIpc) is 2.53. The Morgan fingerprint density at radius 1 is 1.24 bits per heavy atom. The molecule has 0 aliphatic heterocycles. The van der Waals surface area contributed by atoms with E-state index in [1.165, 1.54) is 45.3 Å². The Labute approximate surface area is 128 Å². The van der Waals surface area contributed by atoms with Gasteiger partial charge in [-0.2, -0.15) is 0 Å². The van der Waals surface area contributed by atoms with E-state index in [4.69, 9.17) is 4.74 Å². The first-order chi connectivity index (χ1) is 10.2. The van der Waals surface area contributed by atoms with Crippen LogP contribution in [0.3, 0.4) is 0 Å². The Morgan fingerprint density at radius 3 is 2.52 bits per heavy atom. The Balaban J connectivity index is 2.15. The molecule has 21 heavy (non-hydrogen) atoms. The highest BCUT2D eigenvalue weighted by molar-refractivity contribution is 5.32. The van der Waals surface area contributed by atoms with Crippen molar-refractivity contribution in [3.63, 3.8) is 0 Å². The minimum absolute atomic E-state index is 0.286. The van der Waals surface area contributed by atoms with Crippen LogP contribution < -0.4 is 10.1 Å². The van der Waals surface area contributed by atoms with Crippen molar-refractivity contribution >= 4 is 0 Å². The molecule has 0 bridgehead atoms. The molecule has 0 radical (unpaired) electrons. The van der Waals surface area contributed by atoms with Gasteiger partial charge in [0.1, 0.15) is 0 Å². The summed E-state index contributed by atoms with van der Waals surface area (Å²) in [6.45, 7) is 5.35. The van der Waals surface area contributed by atoms with Crippen LogP contribution in [0, 0.1) is 17.7 Å². The van der Waals surface area contributed by atoms with Crippen molar-refractivity contribution in [1.82, 2.24) is 5.32 Å². The molecule has 1 aromatic carbocycles. The van der Waals surface area contributed by atoms with Gasteiger partial charge in [-0.3, -0.25) is 0 Å². The van der Waals surface area contributed by atoms with Crippen molar-refractivity contribution < 1.29 is 9.13 Å². The molecule has 3 heteroatoms. The van der Waals surface area contributed by atoms with E-state index in [1.54, 1.807) is 0 Å². The molecule has 1 atom stereocenters. The van der Waals surface area contributed by atoms with Crippen LogP contribution in [-0.2, 0) is 0 Å². The van der Waals surface area contributed by atoms with Gasteiger partial charge >= 0.3 is 0 Å². The Morgan fingerprint density at radius 2 is 1.95 bits per heavy atom. The third-order valence-electron chi connectivity index (χ3n) is 4.90. The van der Waals surface area contributed by atoms with Crippen molar-refractivity contribution in [2.24, 2.45) is 11.8 Å². The number of ether oxygens (including phenoxy) is 1. The normalized spacial score (nSPS) is 23.8. The molecule has 0 aromatic heterocycles. The summed E-state index contributed by atoms with van der Waals surface area (Å²) in [5.41, 5.74) is 1.15. The second kappa shape index (κ2) is 7.79. The second-order valence-electron chi connectivity index (χ2n) is 6.12. The van der Waals surface area contributed by atoms with Crippen molar-refractivity contribution in [1.29, 1.82) is 0 Å². The number of halogens is 1. The predicted octanol–water partition coefficient (Wildman–Crippen LogP) is 4.70. The average molecular weight is 293 g/mol. The first kappa shape index (κ1) is 16.3. The van der Waals surface area contributed by atoms with Crippen LogP contribution in [-0.4, -0.2) is 13.7 Å². The van der Waals surface area contributed by atoms with E-state index in [-0.39, 0.29) is 5.82 Å². The minimum Gasteiger partial charge on any atom is -0.494 e. The molecule has 1 unspecified atom stereocenters. The van der Waals surface area contributed by atoms with Gasteiger partial charge in [0.2, 0.25) is 0 Å². The lowest BCUT2D eigenvalue weighted by Crippen LogP contribution is -2.31. The van der Waals surface area contributed by atoms with Gasteiger partial charge in [-0.1, -0.05) is 39.2 Å². The first-order valence-corrected chi connectivity index (χ1v) is 8.26. The largest absolute Gasteiger partial charge is 0.494 e. The summed E-state index contributed by atoms with van der Waals surface area (Å²) < 4.78 is 18.7. The van der Waals surface area contributed by atoms with Crippen LogP contribution in [0.1, 0.15) is 57.6 Å². The number of methoxy groups -OCH3 is 1. The van der Waals surface area contributed by atoms with Crippen molar-refractivity contribution in [3.05, 3.63) is 29.6 Å². The van der Waals surface area contributed by atoms with E-state index in [1.807, 2.05) is 12.1 Å². The smallest absolute Gasteiger partial charge is 0.165 e. The predicted molar refractivity (Wildman–Crippen MR) is 85.1 cm³/mol. The summed E-state index contributed by atoms with van der Waals surface area (Å²) in [4.78, 5) is 0. The van der Waals surface area contributed by atoms with Crippen molar-refractivity contribution in [3.8, 4) is 5.75 Å². The Hall–Kier alpha value is -1.09. The van der Waals surface area contributed by atoms with Crippen LogP contribution in [0.5, 0.6) is 5.75 Å². The number of nitrogens with one attached hydrogen (secondary N) is 1. The Bertz CT molecular complexity index is 441. The van der Waals surface area contributed by atoms with Gasteiger partial charge in [0.25, 0.3) is 0 Å². The molecule has 2 nitrogen and oxygen atoms in total. The molecule has 1 saturated carbocycles. The van der Waals surface area contributed by atoms with E-state index < -0.39 is 0 Å². The van der Waals surface area contributed by atoms with Gasteiger partial charge in [0.15, 0.2) is 11.6 Å². The summed E-state index contributed by atoms with van der Waals surface area (Å²) in [5.74, 6) is 1.60. The van der Waals surface area contributed by atoms with Crippen molar-refractivity contribution in [2.45, 2.75) is 52.0 Å². The highest BCUT2D eigenvalue weighted by atomic mass is 19.1. The molecule has 1 aromatic rings. The summed E-state index contributed by atoms with van der Waals surface area (Å²) in [6, 6.07) is 5.59. The molecule has 1 fully saturated rings. The van der Waals surface area contributed by atoms with E-state index in [2.05, 4.69) is 19.2 Å². The molecular weight excluding hydrogens is 265 g/mol. The van der Waals surface area contributed by atoms with Crippen LogP contribution in [0.15, 0.2) is 18.2 Å². The fourth-order valence-electron chi connectivity index (χ4n) is 3.58. The maximum Gasteiger partial charge on any atom is 0.165 e. The van der Waals surface area contributed by atoms with Gasteiger partial charge in [-0.25, -0.2) is 4.39 Å². The topological polar surface area (TPSA) is 21.3 Å². The molecule has 0 amide bonds. The number of hydrogen-bond donors (Lipinski definition) is 1. The quantitative estimate of drug-likeness (QED) is 0.820. The summed E-state index contributed by atoms with van der Waals surface area (Å²) in [5, 5.41) is 3.59. The van der Waals surface area contributed by atoms with Gasteiger partial charge in [-0.05, 0) is 48.9 Å². The van der Waals surface area contributed by atoms with Crippen LogP contribution in [0.4, 0.5) is 4.39 Å². The molecule has 0 saturated heterocycles. The number of rotatable bonds is 6. The fourth-order valence-corrected chi connectivity index (χ4v) is 3.58. The molecule has 1 N–H and O–H groups in total. The van der Waals surface area contributed by atoms with Gasteiger partial charge in [0.05, 0.1) is 7.11 Å². The zero-order valence-electron chi connectivity index (χ0n) is 13.5. The standard InChI is InChI=1S/C18H28FNO/c1-4-13-6-8-14(9-7-13)18(20-5-2)15-10-11-16(19)17(12-15)21-3/h10-14,18,20H,4-9H2,1-3H3. The minimum atomic E-state index is -0.286. The lowest BCUT2D eigenvalue weighted by atomic mass is 9.76. The molecule has 0 spiro atoms. The summed E-state index contributed by atoms with van der Waals surface area (Å²) in [6.07, 6.45) is 6.46. The highest BCUT2D eigenvalue weighted by Crippen LogP contribution is 2.38. The SMILES string of the molecule is CCNC(c1ccc(F)c(OC)c1)C1CCC(CC)CC1. The maximum atomic E-state index is 13.6. The van der Waals surface area contributed by atoms with Gasteiger partial charge in [0, 0.05) is 6.04 Å². The third-order valence-corrected chi connectivity index (χ3v) is 4.90. The van der Waals surface area contributed by atoms with E-state index in [0.29, 0.717) is 17.7 Å². The molecule has 0 heterocycles. The van der Waals surface area contributed by atoms with Crippen molar-refractivity contribution in [2.75, 3.05) is 13.7 Å². The fraction of sp³-hybridized carbons (Fsp3) is 0.667. The van der Waals surface area contributed by atoms with E-state index >= 15 is 0 Å². The third kappa shape index (κ3) is 3.97. The van der Waals surface area contributed by atoms with Crippen LogP contribution >= 0.6 is 0 Å². The zero-order chi connectivity index (χ0) is 15.2. The Kier molecular flexibility index (Phi) is 6.04. The second-order valence-corrected chi connectivity index (χ2v) is 6.12. The van der Waals surface area contributed by atoms with Crippen LogP contribution in [0.25, 0.3) is 0 Å². The van der Waals surface area contributed by atoms with E-state index in [0.717, 1.165) is 18.0 Å². The monoisotopic (exact) mass is 293 g/mol. The van der Waals surface area contributed by atoms with Gasteiger partial charge < -0.3 is 10.1 Å². The maximum absolute atomic E-state index is 13.6. The lowest BCUT2D eigenvalue weighted by Gasteiger charge is -2.34. The summed E-state index contributed by atoms with van der Waals surface area (Å²) >= 11 is 0. The number of benzene rings is 1. The molecule has 1 aliphatic carbocycles. The van der Waals surface area contributed by atoms with Crippen LogP contribution in [0.2, 0.25) is 0 Å². The number of hydrogen-bond acceptors (Lipinski definition) is 2. The molecular formula is C18H28FNO. The molecule has 1 aliphatic rings. The first-order valence-electron chi connectivity index (χ1n) is 8.26. The summed E-state index contributed by atoms with van der Waals surface area (Å²) in [7, 11) is 1.52. The highest BCUT2D eigenvalue weighted by Gasteiger charge is 2.28. The van der Waals surface area contributed by atoms with Gasteiger partial charge in [-0.15, -0.1) is 0 Å². The lowest BCUT2D eigenvalue weighted by molar-refractivity contribution is 0.219.